The van der Waals surface area contributed by atoms with Gasteiger partial charge in [0.05, 0.1) is 0 Å². The zero-order valence-corrected chi connectivity index (χ0v) is 14.7. The first-order valence-corrected chi connectivity index (χ1v) is 7.57. The van der Waals surface area contributed by atoms with Crippen LogP contribution < -0.4 is 0 Å². The van der Waals surface area contributed by atoms with Crippen molar-refractivity contribution in [2.75, 3.05) is 0 Å². The molecule has 0 atom stereocenters. The van der Waals surface area contributed by atoms with E-state index in [1.165, 1.54) is 4.74 Å². The standard InChI is InChI=1S/C12F22O/c13-1(14)3(17,18)7(25,26)11(33,8(27,28)4(1,19)20)35-12(34)9(29,30)5(21,22)2(15,16)6(23,24)10(12,31)32. The minimum absolute atomic E-state index is 1.18. The van der Waals surface area contributed by atoms with Gasteiger partial charge in [-0.15, -0.1) is 0 Å². The monoisotopic (exact) mass is 578 g/mol. The molecule has 0 N–H and O–H groups in total. The molecule has 2 rings (SSSR count). The molecule has 0 spiro atoms. The van der Waals surface area contributed by atoms with Crippen LogP contribution in [0.3, 0.4) is 0 Å². The van der Waals surface area contributed by atoms with E-state index in [4.69, 9.17) is 0 Å². The molecular formula is C12F22O. The summed E-state index contributed by atoms with van der Waals surface area (Å²) in [6.07, 6.45) is 0. The average Bonchev–Trinajstić information content (AvgIpc) is 2.64. The van der Waals surface area contributed by atoms with E-state index < -0.39 is 70.9 Å². The molecule has 0 aromatic rings. The summed E-state index contributed by atoms with van der Waals surface area (Å²) >= 11 is 0. The van der Waals surface area contributed by atoms with Gasteiger partial charge in [-0.1, -0.05) is 0 Å². The molecule has 1 nitrogen and oxygen atoms in total. The van der Waals surface area contributed by atoms with Gasteiger partial charge in [0.1, 0.15) is 0 Å². The van der Waals surface area contributed by atoms with Gasteiger partial charge in [0.25, 0.3) is 0 Å². The smallest absolute Gasteiger partial charge is 0.288 e. The average molecular weight is 578 g/mol. The minimum atomic E-state index is -8.75. The predicted octanol–water partition coefficient (Wildman–Crippen LogP) is 6.71. The number of halogens is 22. The van der Waals surface area contributed by atoms with Crippen molar-refractivity contribution in [1.29, 1.82) is 0 Å². The zero-order valence-electron chi connectivity index (χ0n) is 14.7. The van der Waals surface area contributed by atoms with Crippen molar-refractivity contribution in [2.24, 2.45) is 0 Å². The Morgan fingerprint density at radius 1 is 0.200 bits per heavy atom. The Bertz CT molecular complexity index is 766. The molecule has 0 aliphatic heterocycles. The van der Waals surface area contributed by atoms with Gasteiger partial charge >= 0.3 is 70.9 Å². The lowest BCUT2D eigenvalue weighted by atomic mass is 9.76. The molecule has 2 aliphatic rings. The highest BCUT2D eigenvalue weighted by molar-refractivity contribution is 5.28. The summed E-state index contributed by atoms with van der Waals surface area (Å²) in [6.45, 7) is 0. The quantitative estimate of drug-likeness (QED) is 0.331. The summed E-state index contributed by atoms with van der Waals surface area (Å²) in [5.74, 6) is -102. The molecule has 0 aromatic carbocycles. The van der Waals surface area contributed by atoms with Crippen molar-refractivity contribution in [2.45, 2.75) is 70.9 Å². The van der Waals surface area contributed by atoms with E-state index in [-0.39, 0.29) is 0 Å². The van der Waals surface area contributed by atoms with Crippen LogP contribution in [0.1, 0.15) is 0 Å². The molecule has 2 saturated carbocycles. The Hall–Kier alpha value is -1.58. The van der Waals surface area contributed by atoms with E-state index in [1.54, 1.807) is 0 Å². The normalized spacial score (nSPS) is 35.1. The summed E-state index contributed by atoms with van der Waals surface area (Å²) in [7, 11) is 0. The third-order valence-corrected chi connectivity index (χ3v) is 5.05. The summed E-state index contributed by atoms with van der Waals surface area (Å²) in [5, 5.41) is 0. The molecule has 23 heteroatoms. The molecule has 208 valence electrons. The highest BCUT2D eigenvalue weighted by Gasteiger charge is 3.07. The van der Waals surface area contributed by atoms with Gasteiger partial charge in [-0.05, 0) is 0 Å². The van der Waals surface area contributed by atoms with E-state index in [1.807, 2.05) is 0 Å². The van der Waals surface area contributed by atoms with Gasteiger partial charge in [0, 0.05) is 0 Å². The van der Waals surface area contributed by atoms with Crippen LogP contribution in [-0.2, 0) is 4.74 Å². The number of alkyl halides is 22. The van der Waals surface area contributed by atoms with Gasteiger partial charge < -0.3 is 0 Å². The third kappa shape index (κ3) is 2.37. The fourth-order valence-electron chi connectivity index (χ4n) is 2.84. The molecule has 0 saturated heterocycles. The van der Waals surface area contributed by atoms with Gasteiger partial charge in [-0.25, -0.2) is 0 Å². The lowest BCUT2D eigenvalue weighted by molar-refractivity contribution is -0.585. The molecule has 0 radical (unpaired) electrons. The van der Waals surface area contributed by atoms with E-state index in [0.717, 1.165) is 0 Å². The molecule has 2 fully saturated rings. The fourth-order valence-corrected chi connectivity index (χ4v) is 2.84. The number of rotatable bonds is 2. The van der Waals surface area contributed by atoms with Gasteiger partial charge in [0.15, 0.2) is 0 Å². The van der Waals surface area contributed by atoms with Crippen molar-refractivity contribution in [1.82, 2.24) is 0 Å². The number of hydrogen-bond acceptors (Lipinski definition) is 1. The van der Waals surface area contributed by atoms with Crippen LogP contribution in [0, 0.1) is 0 Å². The van der Waals surface area contributed by atoms with E-state index in [0.29, 0.717) is 0 Å². The summed E-state index contributed by atoms with van der Waals surface area (Å²) in [5.41, 5.74) is 0. The lowest BCUT2D eigenvalue weighted by Crippen LogP contribution is -2.89. The molecule has 35 heavy (non-hydrogen) atoms. The molecule has 0 amide bonds. The van der Waals surface area contributed by atoms with Gasteiger partial charge in [-0.3, -0.25) is 4.74 Å². The Morgan fingerprint density at radius 3 is 0.457 bits per heavy atom. The van der Waals surface area contributed by atoms with Crippen LogP contribution in [0.15, 0.2) is 0 Å². The van der Waals surface area contributed by atoms with E-state index in [2.05, 4.69) is 0 Å². The first-order valence-electron chi connectivity index (χ1n) is 7.57. The van der Waals surface area contributed by atoms with E-state index >= 15 is 0 Å². The molecule has 0 unspecified atom stereocenters. The second-order valence-corrected chi connectivity index (χ2v) is 7.04. The van der Waals surface area contributed by atoms with Crippen LogP contribution in [0.25, 0.3) is 0 Å². The predicted molar refractivity (Wildman–Crippen MR) is 58.2 cm³/mol. The van der Waals surface area contributed by atoms with Crippen LogP contribution in [0.4, 0.5) is 96.6 Å². The Balaban J connectivity index is 3.01. The van der Waals surface area contributed by atoms with Crippen LogP contribution >= 0.6 is 0 Å². The highest BCUT2D eigenvalue weighted by Crippen LogP contribution is 2.74. The largest absolute Gasteiger partial charge is 0.384 e. The maximum absolute atomic E-state index is 14.3. The highest BCUT2D eigenvalue weighted by atomic mass is 19.4. The van der Waals surface area contributed by atoms with Crippen LogP contribution in [-0.4, -0.2) is 70.9 Å². The third-order valence-electron chi connectivity index (χ3n) is 5.05. The number of hydrogen-bond donors (Lipinski definition) is 0. The van der Waals surface area contributed by atoms with Crippen molar-refractivity contribution in [3.05, 3.63) is 0 Å². The fraction of sp³-hybridized carbons (Fsp3) is 1.00. The van der Waals surface area contributed by atoms with Crippen LogP contribution in [0.2, 0.25) is 0 Å². The Morgan fingerprint density at radius 2 is 0.314 bits per heavy atom. The molecular weight excluding hydrogens is 578 g/mol. The molecule has 0 aromatic heterocycles. The van der Waals surface area contributed by atoms with Crippen molar-refractivity contribution < 1.29 is 101 Å². The van der Waals surface area contributed by atoms with Gasteiger partial charge in [0.2, 0.25) is 0 Å². The molecule has 0 bridgehead atoms. The van der Waals surface area contributed by atoms with Crippen molar-refractivity contribution >= 4 is 0 Å². The SMILES string of the molecule is FC1(F)C(F)(F)C(F)(F)C(F)(OC2(F)C(F)(F)C(F)(F)C(F)(F)C(F)(F)C2(F)F)C(F)(F)C1(F)F. The summed E-state index contributed by atoms with van der Waals surface area (Å²) in [4.78, 5) is 0. The van der Waals surface area contributed by atoms with E-state index in [9.17, 15) is 96.6 Å². The first kappa shape index (κ1) is 29.6. The maximum atomic E-state index is 14.3. The topological polar surface area (TPSA) is 9.23 Å². The second kappa shape index (κ2) is 6.27. The van der Waals surface area contributed by atoms with Crippen molar-refractivity contribution in [3.8, 4) is 0 Å². The van der Waals surface area contributed by atoms with Gasteiger partial charge in [-0.2, -0.15) is 96.6 Å². The summed E-state index contributed by atoms with van der Waals surface area (Å²) in [6, 6.07) is 0. The maximum Gasteiger partial charge on any atom is 0.384 e. The lowest BCUT2D eigenvalue weighted by Gasteiger charge is -2.56. The minimum Gasteiger partial charge on any atom is -0.288 e. The molecule has 0 heterocycles. The number of ether oxygens (including phenoxy) is 1. The zero-order chi connectivity index (χ0) is 28.7. The Kier molecular flexibility index (Phi) is 5.32. The summed E-state index contributed by atoms with van der Waals surface area (Å²) < 4.78 is 297. The second-order valence-electron chi connectivity index (χ2n) is 7.04. The van der Waals surface area contributed by atoms with Crippen molar-refractivity contribution in [3.63, 3.8) is 0 Å². The first-order chi connectivity index (χ1) is 14.7. The molecule has 2 aliphatic carbocycles. The van der Waals surface area contributed by atoms with Crippen LogP contribution in [0.5, 0.6) is 0 Å². The Labute approximate surface area is 173 Å².